The Kier molecular flexibility index (Phi) is 6.77. The summed E-state index contributed by atoms with van der Waals surface area (Å²) in [7, 11) is 0. The quantitative estimate of drug-likeness (QED) is 0.424. The highest BCUT2D eigenvalue weighted by Gasteiger charge is 2.02. The van der Waals surface area contributed by atoms with Crippen molar-refractivity contribution in [1.29, 1.82) is 0 Å². The van der Waals surface area contributed by atoms with Crippen molar-refractivity contribution in [2.45, 2.75) is 38.3 Å². The lowest BCUT2D eigenvalue weighted by Crippen LogP contribution is -2.07. The van der Waals surface area contributed by atoms with Crippen molar-refractivity contribution in [3.05, 3.63) is 6.07 Å². The van der Waals surface area contributed by atoms with Crippen LogP contribution in [0.5, 0.6) is 0 Å². The molecule has 0 atom stereocenters. The van der Waals surface area contributed by atoms with E-state index in [1.165, 1.54) is 6.42 Å². The van der Waals surface area contributed by atoms with Crippen molar-refractivity contribution in [2.24, 2.45) is 0 Å². The zero-order valence-corrected chi connectivity index (χ0v) is 11.7. The van der Waals surface area contributed by atoms with Gasteiger partial charge in [0.25, 0.3) is 0 Å². The Balaban J connectivity index is 2.67. The molecule has 0 saturated heterocycles. The summed E-state index contributed by atoms with van der Waals surface area (Å²) in [5.74, 6) is 1.82. The molecule has 0 saturated carbocycles. The Labute approximate surface area is 108 Å². The molecule has 5 heteroatoms. The Morgan fingerprint density at radius 1 is 1.06 bits per heavy atom. The predicted octanol–water partition coefficient (Wildman–Crippen LogP) is 3.23. The van der Waals surface area contributed by atoms with Gasteiger partial charge in [0.05, 0.1) is 0 Å². The highest BCUT2D eigenvalue weighted by atomic mass is 32.2. The molecule has 4 nitrogen and oxygen atoms in total. The van der Waals surface area contributed by atoms with E-state index >= 15 is 0 Å². The summed E-state index contributed by atoms with van der Waals surface area (Å²) in [5.41, 5.74) is 0. The number of hydrogen-bond acceptors (Lipinski definition) is 5. The SMILES string of the molecule is CCCCNc1cc(NCCC)nc(SC)n1. The van der Waals surface area contributed by atoms with Gasteiger partial charge >= 0.3 is 0 Å². The maximum atomic E-state index is 4.43. The summed E-state index contributed by atoms with van der Waals surface area (Å²) in [6.07, 6.45) is 5.44. The molecule has 1 aromatic rings. The zero-order valence-electron chi connectivity index (χ0n) is 10.9. The topological polar surface area (TPSA) is 49.8 Å². The normalized spacial score (nSPS) is 10.3. The average Bonchev–Trinajstić information content (AvgIpc) is 2.36. The summed E-state index contributed by atoms with van der Waals surface area (Å²) in [5, 5.41) is 7.44. The summed E-state index contributed by atoms with van der Waals surface area (Å²) < 4.78 is 0. The second-order valence-corrected chi connectivity index (χ2v) is 4.61. The fourth-order valence-corrected chi connectivity index (χ4v) is 1.72. The Hall–Kier alpha value is -0.970. The molecular weight excluding hydrogens is 232 g/mol. The summed E-state index contributed by atoms with van der Waals surface area (Å²) in [6.45, 7) is 6.24. The van der Waals surface area contributed by atoms with Crippen LogP contribution < -0.4 is 10.6 Å². The van der Waals surface area contributed by atoms with Gasteiger partial charge in [-0.3, -0.25) is 0 Å². The highest BCUT2D eigenvalue weighted by molar-refractivity contribution is 7.98. The predicted molar refractivity (Wildman–Crippen MR) is 76.0 cm³/mol. The van der Waals surface area contributed by atoms with Crippen LogP contribution >= 0.6 is 11.8 Å². The minimum absolute atomic E-state index is 0.810. The first-order valence-corrected chi connectivity index (χ1v) is 7.43. The molecular formula is C12H22N4S. The third kappa shape index (κ3) is 5.26. The third-order valence-electron chi connectivity index (χ3n) is 2.28. The fourth-order valence-electron chi connectivity index (χ4n) is 1.34. The van der Waals surface area contributed by atoms with Gasteiger partial charge in [-0.1, -0.05) is 32.0 Å². The minimum atomic E-state index is 0.810. The lowest BCUT2D eigenvalue weighted by atomic mass is 10.3. The summed E-state index contributed by atoms with van der Waals surface area (Å²) in [4.78, 5) is 8.85. The zero-order chi connectivity index (χ0) is 12.5. The van der Waals surface area contributed by atoms with Crippen LogP contribution in [0.1, 0.15) is 33.1 Å². The van der Waals surface area contributed by atoms with Crippen molar-refractivity contribution in [2.75, 3.05) is 30.0 Å². The molecule has 0 aliphatic rings. The molecule has 0 bridgehead atoms. The number of aromatic nitrogens is 2. The van der Waals surface area contributed by atoms with E-state index in [-0.39, 0.29) is 0 Å². The first-order chi connectivity index (χ1) is 8.30. The van der Waals surface area contributed by atoms with Gasteiger partial charge in [-0.25, -0.2) is 9.97 Å². The van der Waals surface area contributed by atoms with Crippen LogP contribution in [0.3, 0.4) is 0 Å². The van der Waals surface area contributed by atoms with Crippen molar-refractivity contribution >= 4 is 23.4 Å². The van der Waals surface area contributed by atoms with Crippen molar-refractivity contribution in [3.8, 4) is 0 Å². The van der Waals surface area contributed by atoms with Crippen LogP contribution in [-0.4, -0.2) is 29.3 Å². The van der Waals surface area contributed by atoms with Gasteiger partial charge in [0.1, 0.15) is 11.6 Å². The standard InChI is InChI=1S/C12H22N4S/c1-4-6-8-14-11-9-10(13-7-5-2)15-12(16-11)17-3/h9H,4-8H2,1-3H3,(H2,13,14,15,16). The number of thioether (sulfide) groups is 1. The smallest absolute Gasteiger partial charge is 0.191 e. The molecule has 2 N–H and O–H groups in total. The molecule has 0 aliphatic heterocycles. The maximum Gasteiger partial charge on any atom is 0.191 e. The number of unbranched alkanes of at least 4 members (excludes halogenated alkanes) is 1. The van der Waals surface area contributed by atoms with E-state index in [4.69, 9.17) is 0 Å². The fraction of sp³-hybridized carbons (Fsp3) is 0.667. The molecule has 0 amide bonds. The Morgan fingerprint density at radius 3 is 2.24 bits per heavy atom. The second-order valence-electron chi connectivity index (χ2n) is 3.83. The largest absolute Gasteiger partial charge is 0.370 e. The molecule has 17 heavy (non-hydrogen) atoms. The van der Waals surface area contributed by atoms with Crippen molar-refractivity contribution in [1.82, 2.24) is 9.97 Å². The Bertz CT molecular complexity index is 330. The van der Waals surface area contributed by atoms with E-state index < -0.39 is 0 Å². The molecule has 0 unspecified atom stereocenters. The van der Waals surface area contributed by atoms with Gasteiger partial charge in [-0.2, -0.15) is 0 Å². The average molecular weight is 254 g/mol. The van der Waals surface area contributed by atoms with Gasteiger partial charge in [0.2, 0.25) is 0 Å². The number of anilines is 2. The lowest BCUT2D eigenvalue weighted by Gasteiger charge is -2.09. The first kappa shape index (κ1) is 14.1. The van der Waals surface area contributed by atoms with Crippen LogP contribution in [0.4, 0.5) is 11.6 Å². The van der Waals surface area contributed by atoms with E-state index in [1.807, 2.05) is 12.3 Å². The molecule has 0 aliphatic carbocycles. The lowest BCUT2D eigenvalue weighted by molar-refractivity contribution is 0.825. The Morgan fingerprint density at radius 2 is 1.71 bits per heavy atom. The van der Waals surface area contributed by atoms with Crippen molar-refractivity contribution in [3.63, 3.8) is 0 Å². The molecule has 1 rings (SSSR count). The second kappa shape index (κ2) is 8.17. The third-order valence-corrected chi connectivity index (χ3v) is 2.83. The number of hydrogen-bond donors (Lipinski definition) is 2. The summed E-state index contributed by atoms with van der Waals surface area (Å²) in [6, 6.07) is 1.98. The number of nitrogens with zero attached hydrogens (tertiary/aromatic N) is 2. The molecule has 0 spiro atoms. The molecule has 0 radical (unpaired) electrons. The number of nitrogens with one attached hydrogen (secondary N) is 2. The molecule has 1 heterocycles. The first-order valence-electron chi connectivity index (χ1n) is 6.21. The van der Waals surface area contributed by atoms with Crippen LogP contribution in [0.2, 0.25) is 0 Å². The highest BCUT2D eigenvalue weighted by Crippen LogP contribution is 2.17. The molecule has 96 valence electrons. The van der Waals surface area contributed by atoms with Gasteiger partial charge in [0, 0.05) is 19.2 Å². The van der Waals surface area contributed by atoms with E-state index in [2.05, 4.69) is 34.4 Å². The van der Waals surface area contributed by atoms with Gasteiger partial charge in [-0.05, 0) is 19.1 Å². The summed E-state index contributed by atoms with van der Waals surface area (Å²) >= 11 is 1.57. The van der Waals surface area contributed by atoms with Crippen LogP contribution in [0.15, 0.2) is 11.2 Å². The molecule has 0 fully saturated rings. The maximum absolute atomic E-state index is 4.43. The van der Waals surface area contributed by atoms with E-state index in [0.717, 1.165) is 42.7 Å². The molecule has 0 aromatic carbocycles. The monoisotopic (exact) mass is 254 g/mol. The van der Waals surface area contributed by atoms with E-state index in [0.29, 0.717) is 0 Å². The van der Waals surface area contributed by atoms with Gasteiger partial charge in [0.15, 0.2) is 5.16 Å². The minimum Gasteiger partial charge on any atom is -0.370 e. The van der Waals surface area contributed by atoms with Crippen molar-refractivity contribution < 1.29 is 0 Å². The van der Waals surface area contributed by atoms with E-state index in [9.17, 15) is 0 Å². The van der Waals surface area contributed by atoms with Crippen LogP contribution in [0.25, 0.3) is 0 Å². The number of rotatable bonds is 8. The van der Waals surface area contributed by atoms with Gasteiger partial charge < -0.3 is 10.6 Å². The van der Waals surface area contributed by atoms with Crippen LogP contribution in [-0.2, 0) is 0 Å². The van der Waals surface area contributed by atoms with Crippen LogP contribution in [0, 0.1) is 0 Å². The van der Waals surface area contributed by atoms with E-state index in [1.54, 1.807) is 11.8 Å². The van der Waals surface area contributed by atoms with Gasteiger partial charge in [-0.15, -0.1) is 0 Å². The molecule has 1 aromatic heterocycles.